The number of alkyl halides is 3. The molecule has 0 saturated heterocycles. The summed E-state index contributed by atoms with van der Waals surface area (Å²) >= 11 is 0.988. The Morgan fingerprint density at radius 1 is 1.21 bits per heavy atom. The third-order valence-corrected chi connectivity index (χ3v) is 5.34. The second-order valence-electron chi connectivity index (χ2n) is 6.67. The molecule has 1 aromatic rings. The second kappa shape index (κ2) is 13.6. The fourth-order valence-corrected chi connectivity index (χ4v) is 3.74. The Hall–Kier alpha value is -0.620. The van der Waals surface area contributed by atoms with Gasteiger partial charge in [0.25, 0.3) is 0 Å². The van der Waals surface area contributed by atoms with E-state index in [9.17, 15) is 13.2 Å². The van der Waals surface area contributed by atoms with Gasteiger partial charge in [-0.15, -0.1) is 35.3 Å². The summed E-state index contributed by atoms with van der Waals surface area (Å²) in [5, 5.41) is 7.57. The van der Waals surface area contributed by atoms with Crippen LogP contribution >= 0.6 is 35.3 Å². The van der Waals surface area contributed by atoms with Gasteiger partial charge in [0, 0.05) is 25.6 Å². The van der Waals surface area contributed by atoms with Crippen LogP contribution in [0.1, 0.15) is 62.1 Å². The number of rotatable bonds is 9. The van der Waals surface area contributed by atoms with Crippen LogP contribution in [-0.2, 0) is 17.5 Å². The molecule has 1 fully saturated rings. The van der Waals surface area contributed by atoms with Gasteiger partial charge in [-0.3, -0.25) is 4.99 Å². The van der Waals surface area contributed by atoms with Gasteiger partial charge in [0.05, 0.1) is 12.6 Å². The van der Waals surface area contributed by atoms with Crippen LogP contribution in [-0.4, -0.2) is 37.2 Å². The van der Waals surface area contributed by atoms with Crippen molar-refractivity contribution in [2.24, 2.45) is 4.99 Å². The molecule has 10 heteroatoms. The van der Waals surface area contributed by atoms with Crippen molar-refractivity contribution in [1.82, 2.24) is 15.6 Å². The van der Waals surface area contributed by atoms with Crippen molar-refractivity contribution < 1.29 is 17.9 Å². The van der Waals surface area contributed by atoms with Crippen molar-refractivity contribution in [3.8, 4) is 0 Å². The normalized spacial score (nSPS) is 15.9. The largest absolute Gasteiger partial charge is 0.434 e. The summed E-state index contributed by atoms with van der Waals surface area (Å²) in [6, 6.07) is 0. The number of aromatic nitrogens is 1. The molecule has 0 spiro atoms. The van der Waals surface area contributed by atoms with Gasteiger partial charge in [0.2, 0.25) is 0 Å². The standard InChI is InChI=1S/C18H29F3N4OS.HI/c1-22-17(24-12-16-25-15(13-27-16)18(19,20)21)23-10-6-3-7-11-26-14-8-4-2-5-9-14;/h13-14H,2-12H2,1H3,(H2,22,23,24);1H. The van der Waals surface area contributed by atoms with Gasteiger partial charge < -0.3 is 15.4 Å². The minimum absolute atomic E-state index is 0. The number of thiazole rings is 1. The topological polar surface area (TPSA) is 58.5 Å². The molecule has 1 aliphatic rings. The highest BCUT2D eigenvalue weighted by Gasteiger charge is 2.33. The van der Waals surface area contributed by atoms with Gasteiger partial charge in [-0.2, -0.15) is 13.2 Å². The predicted octanol–water partition coefficient (Wildman–Crippen LogP) is 4.96. The van der Waals surface area contributed by atoms with Crippen LogP contribution in [0, 0.1) is 0 Å². The van der Waals surface area contributed by atoms with E-state index < -0.39 is 11.9 Å². The number of ether oxygens (including phenoxy) is 1. The zero-order chi connectivity index (χ0) is 19.5. The number of nitrogens with zero attached hydrogens (tertiary/aromatic N) is 2. The van der Waals surface area contributed by atoms with Gasteiger partial charge in [0.15, 0.2) is 11.7 Å². The summed E-state index contributed by atoms with van der Waals surface area (Å²) < 4.78 is 43.5. The zero-order valence-corrected chi connectivity index (χ0v) is 19.3. The number of aliphatic imine (C=N–C) groups is 1. The van der Waals surface area contributed by atoms with E-state index in [1.54, 1.807) is 7.05 Å². The molecule has 5 nitrogen and oxygen atoms in total. The van der Waals surface area contributed by atoms with E-state index in [1.807, 2.05) is 0 Å². The van der Waals surface area contributed by atoms with Gasteiger partial charge in [-0.25, -0.2) is 4.98 Å². The van der Waals surface area contributed by atoms with Crippen molar-refractivity contribution >= 4 is 41.3 Å². The summed E-state index contributed by atoms with van der Waals surface area (Å²) in [5.74, 6) is 0.567. The number of unbranched alkanes of at least 4 members (excludes halogenated alkanes) is 2. The van der Waals surface area contributed by atoms with Gasteiger partial charge >= 0.3 is 6.18 Å². The quantitative estimate of drug-likeness (QED) is 0.204. The molecule has 0 aromatic carbocycles. The van der Waals surface area contributed by atoms with Crippen LogP contribution < -0.4 is 10.6 Å². The van der Waals surface area contributed by atoms with Gasteiger partial charge in [-0.05, 0) is 32.1 Å². The Morgan fingerprint density at radius 2 is 1.96 bits per heavy atom. The highest BCUT2D eigenvalue weighted by Crippen LogP contribution is 2.29. The third-order valence-electron chi connectivity index (χ3n) is 4.49. The molecule has 2 rings (SSSR count). The molecule has 0 radical (unpaired) electrons. The van der Waals surface area contributed by atoms with E-state index in [2.05, 4.69) is 20.6 Å². The Balaban J connectivity index is 0.00000392. The number of halogens is 4. The third kappa shape index (κ3) is 9.73. The molecule has 1 saturated carbocycles. The lowest BCUT2D eigenvalue weighted by molar-refractivity contribution is -0.140. The lowest BCUT2D eigenvalue weighted by atomic mass is 9.98. The van der Waals surface area contributed by atoms with Crippen LogP contribution in [0.4, 0.5) is 13.2 Å². The maximum Gasteiger partial charge on any atom is 0.434 e. The van der Waals surface area contributed by atoms with E-state index in [-0.39, 0.29) is 30.5 Å². The van der Waals surface area contributed by atoms with Crippen molar-refractivity contribution in [1.29, 1.82) is 0 Å². The Labute approximate surface area is 186 Å². The molecule has 1 aliphatic carbocycles. The predicted molar refractivity (Wildman–Crippen MR) is 117 cm³/mol. The Kier molecular flexibility index (Phi) is 12.3. The lowest BCUT2D eigenvalue weighted by Crippen LogP contribution is -2.37. The van der Waals surface area contributed by atoms with Crippen LogP contribution in [0.2, 0.25) is 0 Å². The minimum Gasteiger partial charge on any atom is -0.378 e. The molecule has 0 bridgehead atoms. The zero-order valence-electron chi connectivity index (χ0n) is 16.2. The van der Waals surface area contributed by atoms with Crippen LogP contribution in [0.25, 0.3) is 0 Å². The molecule has 0 aliphatic heterocycles. The van der Waals surface area contributed by atoms with Crippen molar-refractivity contribution in [3.05, 3.63) is 16.1 Å². The Bertz CT molecular complexity index is 577. The molecule has 28 heavy (non-hydrogen) atoms. The first-order chi connectivity index (χ1) is 13.0. The molecule has 0 amide bonds. The van der Waals surface area contributed by atoms with E-state index in [4.69, 9.17) is 4.74 Å². The molecule has 0 atom stereocenters. The number of hydrogen-bond donors (Lipinski definition) is 2. The van der Waals surface area contributed by atoms with Crippen molar-refractivity contribution in [3.63, 3.8) is 0 Å². The average Bonchev–Trinajstić information content (AvgIpc) is 3.14. The minimum atomic E-state index is -4.39. The smallest absolute Gasteiger partial charge is 0.378 e. The SMILES string of the molecule is CN=C(NCCCCCOC1CCCCC1)NCc1nc(C(F)(F)F)cs1.I. The van der Waals surface area contributed by atoms with E-state index in [1.165, 1.54) is 32.1 Å². The second-order valence-corrected chi connectivity index (χ2v) is 7.61. The highest BCUT2D eigenvalue weighted by molar-refractivity contribution is 14.0. The monoisotopic (exact) mass is 534 g/mol. The molecule has 162 valence electrons. The number of nitrogens with one attached hydrogen (secondary N) is 2. The summed E-state index contributed by atoms with van der Waals surface area (Å²) in [5.41, 5.74) is -0.845. The summed E-state index contributed by atoms with van der Waals surface area (Å²) in [6.45, 7) is 1.80. The molecular formula is C18H30F3IN4OS. The van der Waals surface area contributed by atoms with Crippen molar-refractivity contribution in [2.75, 3.05) is 20.2 Å². The average molecular weight is 534 g/mol. The fourth-order valence-electron chi connectivity index (χ4n) is 2.99. The summed E-state index contributed by atoms with van der Waals surface area (Å²) in [7, 11) is 1.64. The maximum atomic E-state index is 12.5. The van der Waals surface area contributed by atoms with E-state index in [0.717, 1.165) is 49.1 Å². The van der Waals surface area contributed by atoms with E-state index in [0.29, 0.717) is 17.1 Å². The lowest BCUT2D eigenvalue weighted by Gasteiger charge is -2.21. The number of hydrogen-bond acceptors (Lipinski definition) is 4. The Morgan fingerprint density at radius 3 is 2.61 bits per heavy atom. The van der Waals surface area contributed by atoms with Crippen molar-refractivity contribution in [2.45, 2.75) is 70.2 Å². The maximum absolute atomic E-state index is 12.5. The van der Waals surface area contributed by atoms with Gasteiger partial charge in [-0.1, -0.05) is 19.3 Å². The van der Waals surface area contributed by atoms with Crippen LogP contribution in [0.5, 0.6) is 0 Å². The van der Waals surface area contributed by atoms with E-state index >= 15 is 0 Å². The highest BCUT2D eigenvalue weighted by atomic mass is 127. The first kappa shape index (κ1) is 25.4. The van der Waals surface area contributed by atoms with Crippen LogP contribution in [0.15, 0.2) is 10.4 Å². The molecule has 0 unspecified atom stereocenters. The molecule has 1 aromatic heterocycles. The summed E-state index contributed by atoms with van der Waals surface area (Å²) in [4.78, 5) is 7.67. The molecule has 2 N–H and O–H groups in total. The first-order valence-electron chi connectivity index (χ1n) is 9.57. The van der Waals surface area contributed by atoms with Crippen LogP contribution in [0.3, 0.4) is 0 Å². The molecular weight excluding hydrogens is 504 g/mol. The molecule has 1 heterocycles. The number of guanidine groups is 1. The summed E-state index contributed by atoms with van der Waals surface area (Å²) in [6.07, 6.45) is 5.50. The fraction of sp³-hybridized carbons (Fsp3) is 0.778. The van der Waals surface area contributed by atoms with Gasteiger partial charge in [0.1, 0.15) is 5.01 Å². The first-order valence-corrected chi connectivity index (χ1v) is 10.4.